The highest BCUT2D eigenvalue weighted by molar-refractivity contribution is 5.77. The highest BCUT2D eigenvalue weighted by Gasteiger charge is 2.15. The van der Waals surface area contributed by atoms with E-state index >= 15 is 0 Å². The molecular formula is C18H19NO2. The van der Waals surface area contributed by atoms with E-state index in [2.05, 4.69) is 24.4 Å². The van der Waals surface area contributed by atoms with Gasteiger partial charge in [0, 0.05) is 5.39 Å². The van der Waals surface area contributed by atoms with Gasteiger partial charge < -0.3 is 14.5 Å². The maximum Gasteiger partial charge on any atom is 0.134 e. The SMILES string of the molecule is CNC(COc1ccc(C)cc1)c1cc2ccccc2o1. The normalized spacial score (nSPS) is 12.5. The molecule has 0 spiro atoms. The Bertz CT molecular complexity index is 682. The summed E-state index contributed by atoms with van der Waals surface area (Å²) in [7, 11) is 1.91. The summed E-state index contributed by atoms with van der Waals surface area (Å²) in [5.74, 6) is 1.77. The van der Waals surface area contributed by atoms with Crippen LogP contribution < -0.4 is 10.1 Å². The lowest BCUT2D eigenvalue weighted by atomic mass is 10.2. The molecule has 1 atom stereocenters. The zero-order valence-electron chi connectivity index (χ0n) is 12.3. The smallest absolute Gasteiger partial charge is 0.134 e. The zero-order valence-corrected chi connectivity index (χ0v) is 12.3. The molecule has 2 aromatic carbocycles. The van der Waals surface area contributed by atoms with Gasteiger partial charge >= 0.3 is 0 Å². The Balaban J connectivity index is 1.73. The third-order valence-electron chi connectivity index (χ3n) is 3.57. The Labute approximate surface area is 124 Å². The van der Waals surface area contributed by atoms with Gasteiger partial charge in [-0.1, -0.05) is 35.9 Å². The number of nitrogens with one attached hydrogen (secondary N) is 1. The molecule has 1 N–H and O–H groups in total. The van der Waals surface area contributed by atoms with E-state index in [1.807, 2.05) is 49.5 Å². The van der Waals surface area contributed by atoms with Crippen LogP contribution in [0.4, 0.5) is 0 Å². The van der Waals surface area contributed by atoms with Crippen molar-refractivity contribution in [2.75, 3.05) is 13.7 Å². The number of likely N-dealkylation sites (N-methyl/N-ethyl adjacent to an activating group) is 1. The molecule has 3 heteroatoms. The molecule has 0 aliphatic heterocycles. The molecule has 0 aliphatic carbocycles. The summed E-state index contributed by atoms with van der Waals surface area (Å²) in [4.78, 5) is 0. The number of hydrogen-bond donors (Lipinski definition) is 1. The molecule has 3 nitrogen and oxygen atoms in total. The molecule has 0 saturated heterocycles. The second-order valence-corrected chi connectivity index (χ2v) is 5.15. The van der Waals surface area contributed by atoms with Crippen molar-refractivity contribution in [1.82, 2.24) is 5.32 Å². The maximum atomic E-state index is 5.89. The van der Waals surface area contributed by atoms with Crippen LogP contribution in [-0.4, -0.2) is 13.7 Å². The second kappa shape index (κ2) is 6.02. The van der Waals surface area contributed by atoms with Gasteiger partial charge in [-0.3, -0.25) is 0 Å². The fourth-order valence-corrected chi connectivity index (χ4v) is 2.30. The first-order valence-corrected chi connectivity index (χ1v) is 7.11. The molecule has 1 aromatic heterocycles. The lowest BCUT2D eigenvalue weighted by Gasteiger charge is -2.14. The summed E-state index contributed by atoms with van der Waals surface area (Å²) in [5, 5.41) is 4.36. The molecule has 3 rings (SSSR count). The third kappa shape index (κ3) is 3.09. The summed E-state index contributed by atoms with van der Waals surface area (Å²) >= 11 is 0. The molecule has 0 amide bonds. The predicted molar refractivity (Wildman–Crippen MR) is 84.7 cm³/mol. The third-order valence-corrected chi connectivity index (χ3v) is 3.57. The summed E-state index contributed by atoms with van der Waals surface area (Å²) < 4.78 is 11.7. The van der Waals surface area contributed by atoms with Gasteiger partial charge in [0.1, 0.15) is 23.7 Å². The average Bonchev–Trinajstić information content (AvgIpc) is 2.93. The summed E-state index contributed by atoms with van der Waals surface area (Å²) in [5.41, 5.74) is 2.13. The lowest BCUT2D eigenvalue weighted by Crippen LogP contribution is -2.22. The van der Waals surface area contributed by atoms with E-state index in [-0.39, 0.29) is 6.04 Å². The van der Waals surface area contributed by atoms with Gasteiger partial charge in [0.05, 0.1) is 6.04 Å². The van der Waals surface area contributed by atoms with E-state index < -0.39 is 0 Å². The quantitative estimate of drug-likeness (QED) is 0.765. The van der Waals surface area contributed by atoms with Crippen LogP contribution in [0.5, 0.6) is 5.75 Å². The van der Waals surface area contributed by atoms with Gasteiger partial charge in [0.15, 0.2) is 0 Å². The summed E-state index contributed by atoms with van der Waals surface area (Å²) in [6, 6.07) is 18.2. The summed E-state index contributed by atoms with van der Waals surface area (Å²) in [6.07, 6.45) is 0. The molecule has 0 fully saturated rings. The fourth-order valence-electron chi connectivity index (χ4n) is 2.30. The molecular weight excluding hydrogens is 262 g/mol. The molecule has 21 heavy (non-hydrogen) atoms. The Hall–Kier alpha value is -2.26. The molecule has 1 unspecified atom stereocenters. The predicted octanol–water partition coefficient (Wildman–Crippen LogP) is 4.08. The van der Waals surface area contributed by atoms with Crippen LogP contribution in [0.15, 0.2) is 59.0 Å². The standard InChI is InChI=1S/C18H19NO2/c1-13-7-9-15(10-8-13)20-12-16(19-2)18-11-14-5-3-4-6-17(14)21-18/h3-11,16,19H,12H2,1-2H3. The first kappa shape index (κ1) is 13.7. The minimum absolute atomic E-state index is 0.0266. The van der Waals surface area contributed by atoms with Crippen molar-refractivity contribution in [3.8, 4) is 5.75 Å². The average molecular weight is 281 g/mol. The number of benzene rings is 2. The zero-order chi connectivity index (χ0) is 14.7. The molecule has 0 bridgehead atoms. The van der Waals surface area contributed by atoms with E-state index in [1.165, 1.54) is 5.56 Å². The Morgan fingerprint density at radius 1 is 1.10 bits per heavy atom. The Morgan fingerprint density at radius 2 is 1.86 bits per heavy atom. The van der Waals surface area contributed by atoms with Gasteiger partial charge in [-0.05, 0) is 38.2 Å². The van der Waals surface area contributed by atoms with Crippen molar-refractivity contribution in [3.63, 3.8) is 0 Å². The maximum absolute atomic E-state index is 5.89. The minimum atomic E-state index is 0.0266. The monoisotopic (exact) mass is 281 g/mol. The highest BCUT2D eigenvalue weighted by Crippen LogP contribution is 2.24. The number of ether oxygens (including phenoxy) is 1. The van der Waals surface area contributed by atoms with Crippen molar-refractivity contribution in [3.05, 3.63) is 65.9 Å². The number of hydrogen-bond acceptors (Lipinski definition) is 3. The lowest BCUT2D eigenvalue weighted by molar-refractivity contribution is 0.256. The van der Waals surface area contributed by atoms with E-state index in [9.17, 15) is 0 Å². The van der Waals surface area contributed by atoms with Gasteiger partial charge in [0.2, 0.25) is 0 Å². The number of fused-ring (bicyclic) bond motifs is 1. The van der Waals surface area contributed by atoms with Crippen molar-refractivity contribution in [2.45, 2.75) is 13.0 Å². The minimum Gasteiger partial charge on any atom is -0.491 e. The molecule has 0 aliphatic rings. The van der Waals surface area contributed by atoms with E-state index in [0.29, 0.717) is 6.61 Å². The van der Waals surface area contributed by atoms with Crippen LogP contribution in [0, 0.1) is 6.92 Å². The van der Waals surface area contributed by atoms with Crippen molar-refractivity contribution >= 4 is 11.0 Å². The molecule has 0 radical (unpaired) electrons. The van der Waals surface area contributed by atoms with Crippen molar-refractivity contribution in [2.24, 2.45) is 0 Å². The topological polar surface area (TPSA) is 34.4 Å². The van der Waals surface area contributed by atoms with Crippen LogP contribution >= 0.6 is 0 Å². The Morgan fingerprint density at radius 3 is 2.57 bits per heavy atom. The van der Waals surface area contributed by atoms with Gasteiger partial charge in [0.25, 0.3) is 0 Å². The van der Waals surface area contributed by atoms with Crippen LogP contribution in [0.2, 0.25) is 0 Å². The largest absolute Gasteiger partial charge is 0.491 e. The Kier molecular flexibility index (Phi) is 3.93. The van der Waals surface area contributed by atoms with Crippen LogP contribution in [0.3, 0.4) is 0 Å². The van der Waals surface area contributed by atoms with E-state index in [0.717, 1.165) is 22.5 Å². The number of para-hydroxylation sites is 1. The van der Waals surface area contributed by atoms with Gasteiger partial charge in [-0.2, -0.15) is 0 Å². The highest BCUT2D eigenvalue weighted by atomic mass is 16.5. The molecule has 1 heterocycles. The molecule has 3 aromatic rings. The van der Waals surface area contributed by atoms with Crippen molar-refractivity contribution < 1.29 is 9.15 Å². The number of aryl methyl sites for hydroxylation is 1. The van der Waals surface area contributed by atoms with Gasteiger partial charge in [-0.15, -0.1) is 0 Å². The van der Waals surface area contributed by atoms with Crippen LogP contribution in [0.25, 0.3) is 11.0 Å². The number of furan rings is 1. The van der Waals surface area contributed by atoms with Crippen molar-refractivity contribution in [1.29, 1.82) is 0 Å². The molecule has 108 valence electrons. The second-order valence-electron chi connectivity index (χ2n) is 5.15. The van der Waals surface area contributed by atoms with Crippen LogP contribution in [0.1, 0.15) is 17.4 Å². The number of rotatable bonds is 5. The van der Waals surface area contributed by atoms with E-state index in [1.54, 1.807) is 0 Å². The van der Waals surface area contributed by atoms with Gasteiger partial charge in [-0.25, -0.2) is 0 Å². The fraction of sp³-hybridized carbons (Fsp3) is 0.222. The molecule has 0 saturated carbocycles. The first-order chi connectivity index (χ1) is 10.3. The first-order valence-electron chi connectivity index (χ1n) is 7.11. The van der Waals surface area contributed by atoms with Crippen LogP contribution in [-0.2, 0) is 0 Å². The van der Waals surface area contributed by atoms with E-state index in [4.69, 9.17) is 9.15 Å². The summed E-state index contributed by atoms with van der Waals surface area (Å²) in [6.45, 7) is 2.59.